The van der Waals surface area contributed by atoms with Gasteiger partial charge < -0.3 is 4.74 Å². The summed E-state index contributed by atoms with van der Waals surface area (Å²) in [5.74, 6) is 3.30. The summed E-state index contributed by atoms with van der Waals surface area (Å²) in [4.78, 5) is 12.0. The number of carbonyl (C=O) groups excluding carboxylic acids is 1. The monoisotopic (exact) mass is 250 g/mol. The summed E-state index contributed by atoms with van der Waals surface area (Å²) in [5, 5.41) is 0. The molecule has 3 saturated carbocycles. The topological polar surface area (TPSA) is 26.3 Å². The zero-order valence-corrected chi connectivity index (χ0v) is 11.9. The lowest BCUT2D eigenvalue weighted by atomic mass is 9.53. The second-order valence-corrected chi connectivity index (χ2v) is 7.46. The Morgan fingerprint density at radius 3 is 2.67 bits per heavy atom. The highest BCUT2D eigenvalue weighted by molar-refractivity contribution is 5.72. The third-order valence-corrected chi connectivity index (χ3v) is 5.79. The standard InChI is InChI=1S/C16H26O2/c1-10(2)15(17)18-16(3)9-12-5-4-11-6-13(12)8-14(16)7-11/h10-14H,4-9H2,1-3H3. The van der Waals surface area contributed by atoms with E-state index in [2.05, 4.69) is 6.92 Å². The van der Waals surface area contributed by atoms with Crippen LogP contribution in [0.1, 0.15) is 59.3 Å². The molecule has 5 unspecified atom stereocenters. The Balaban J connectivity index is 1.78. The molecule has 0 aromatic carbocycles. The number of carbonyl (C=O) groups is 1. The van der Waals surface area contributed by atoms with E-state index in [0.29, 0.717) is 5.92 Å². The summed E-state index contributed by atoms with van der Waals surface area (Å²) in [6.45, 7) is 6.07. The molecule has 102 valence electrons. The predicted octanol–water partition coefficient (Wildman–Crippen LogP) is 3.79. The third-order valence-electron chi connectivity index (χ3n) is 5.79. The minimum absolute atomic E-state index is 0.000302. The second kappa shape index (κ2) is 4.25. The first kappa shape index (κ1) is 12.5. The van der Waals surface area contributed by atoms with Crippen molar-refractivity contribution in [1.82, 2.24) is 0 Å². The van der Waals surface area contributed by atoms with Gasteiger partial charge in [-0.05, 0) is 62.7 Å². The molecule has 0 aliphatic heterocycles. The third kappa shape index (κ3) is 1.98. The smallest absolute Gasteiger partial charge is 0.308 e. The van der Waals surface area contributed by atoms with Crippen LogP contribution in [0.3, 0.4) is 0 Å². The van der Waals surface area contributed by atoms with Gasteiger partial charge in [0, 0.05) is 0 Å². The van der Waals surface area contributed by atoms with Gasteiger partial charge in [-0.2, -0.15) is 0 Å². The van der Waals surface area contributed by atoms with Gasteiger partial charge in [0.15, 0.2) is 0 Å². The Bertz CT molecular complexity index is 347. The Morgan fingerprint density at radius 2 is 1.94 bits per heavy atom. The lowest BCUT2D eigenvalue weighted by Gasteiger charge is -2.55. The maximum absolute atomic E-state index is 12.0. The van der Waals surface area contributed by atoms with Gasteiger partial charge in [-0.25, -0.2) is 0 Å². The molecule has 0 spiro atoms. The SMILES string of the molecule is CC(C)C(=O)OC1(C)CC2CCC3CC2CC1C3. The number of hydrogen-bond donors (Lipinski definition) is 0. The summed E-state index contributed by atoms with van der Waals surface area (Å²) < 4.78 is 5.94. The molecule has 0 aromatic rings. The Kier molecular flexibility index (Phi) is 2.95. The molecule has 3 aliphatic rings. The molecular formula is C16H26O2. The second-order valence-electron chi connectivity index (χ2n) is 7.46. The van der Waals surface area contributed by atoms with Crippen molar-refractivity contribution in [2.24, 2.45) is 29.6 Å². The summed E-state index contributed by atoms with van der Waals surface area (Å²) >= 11 is 0. The summed E-state index contributed by atoms with van der Waals surface area (Å²) in [6, 6.07) is 0. The highest BCUT2D eigenvalue weighted by Gasteiger charge is 2.52. The Hall–Kier alpha value is -0.530. The van der Waals surface area contributed by atoms with Gasteiger partial charge in [0.05, 0.1) is 5.92 Å². The average molecular weight is 250 g/mol. The van der Waals surface area contributed by atoms with Gasteiger partial charge in [-0.1, -0.05) is 20.3 Å². The predicted molar refractivity (Wildman–Crippen MR) is 71.0 cm³/mol. The fourth-order valence-corrected chi connectivity index (χ4v) is 4.72. The molecule has 2 nitrogen and oxygen atoms in total. The van der Waals surface area contributed by atoms with E-state index in [1.54, 1.807) is 0 Å². The number of rotatable bonds is 2. The first-order valence-electron chi connectivity index (χ1n) is 7.71. The van der Waals surface area contributed by atoms with Crippen LogP contribution in [0.5, 0.6) is 0 Å². The van der Waals surface area contributed by atoms with E-state index in [4.69, 9.17) is 4.74 Å². The van der Waals surface area contributed by atoms with Gasteiger partial charge in [-0.15, -0.1) is 0 Å². The van der Waals surface area contributed by atoms with E-state index in [9.17, 15) is 4.79 Å². The van der Waals surface area contributed by atoms with E-state index in [0.717, 1.165) is 24.2 Å². The maximum Gasteiger partial charge on any atom is 0.308 e. The minimum atomic E-state index is -0.165. The van der Waals surface area contributed by atoms with Crippen LogP contribution in [0.15, 0.2) is 0 Å². The van der Waals surface area contributed by atoms with Crippen LogP contribution in [0.25, 0.3) is 0 Å². The van der Waals surface area contributed by atoms with Crippen molar-refractivity contribution in [3.05, 3.63) is 0 Å². The summed E-state index contributed by atoms with van der Waals surface area (Å²) in [6.07, 6.45) is 7.97. The molecule has 18 heavy (non-hydrogen) atoms. The molecule has 0 amide bonds. The van der Waals surface area contributed by atoms with Crippen molar-refractivity contribution in [2.45, 2.75) is 64.9 Å². The van der Waals surface area contributed by atoms with Crippen molar-refractivity contribution in [3.63, 3.8) is 0 Å². The molecule has 3 aliphatic carbocycles. The van der Waals surface area contributed by atoms with E-state index in [1.165, 1.54) is 32.1 Å². The van der Waals surface area contributed by atoms with Crippen molar-refractivity contribution in [2.75, 3.05) is 0 Å². The number of ether oxygens (including phenoxy) is 1. The van der Waals surface area contributed by atoms with Crippen LogP contribution in [0.2, 0.25) is 0 Å². The Morgan fingerprint density at radius 1 is 1.17 bits per heavy atom. The van der Waals surface area contributed by atoms with Crippen LogP contribution < -0.4 is 0 Å². The normalized spacial score (nSPS) is 46.2. The lowest BCUT2D eigenvalue weighted by molar-refractivity contribution is -0.187. The maximum atomic E-state index is 12.0. The highest BCUT2D eigenvalue weighted by atomic mass is 16.6. The fraction of sp³-hybridized carbons (Fsp3) is 0.938. The Labute approximate surface area is 110 Å². The van der Waals surface area contributed by atoms with Gasteiger partial charge >= 0.3 is 5.97 Å². The number of esters is 1. The van der Waals surface area contributed by atoms with Gasteiger partial charge in [0.1, 0.15) is 5.60 Å². The molecule has 5 atom stereocenters. The molecular weight excluding hydrogens is 224 g/mol. The van der Waals surface area contributed by atoms with Gasteiger partial charge in [-0.3, -0.25) is 4.79 Å². The van der Waals surface area contributed by atoms with Crippen LogP contribution >= 0.6 is 0 Å². The van der Waals surface area contributed by atoms with E-state index < -0.39 is 0 Å². The molecule has 0 radical (unpaired) electrons. The quantitative estimate of drug-likeness (QED) is 0.697. The van der Waals surface area contributed by atoms with Crippen LogP contribution in [-0.2, 0) is 9.53 Å². The summed E-state index contributed by atoms with van der Waals surface area (Å²) in [7, 11) is 0. The molecule has 0 aromatic heterocycles. The largest absolute Gasteiger partial charge is 0.459 e. The van der Waals surface area contributed by atoms with Crippen LogP contribution in [-0.4, -0.2) is 11.6 Å². The lowest BCUT2D eigenvalue weighted by Crippen LogP contribution is -2.53. The fourth-order valence-electron chi connectivity index (χ4n) is 4.72. The number of fused-ring (bicyclic) bond motifs is 2. The molecule has 2 heteroatoms. The van der Waals surface area contributed by atoms with Gasteiger partial charge in [0.25, 0.3) is 0 Å². The van der Waals surface area contributed by atoms with E-state index in [-0.39, 0.29) is 17.5 Å². The average Bonchev–Trinajstić information content (AvgIpc) is 2.31. The van der Waals surface area contributed by atoms with Crippen LogP contribution in [0, 0.1) is 29.6 Å². The van der Waals surface area contributed by atoms with E-state index in [1.807, 2.05) is 13.8 Å². The van der Waals surface area contributed by atoms with Gasteiger partial charge in [0.2, 0.25) is 0 Å². The van der Waals surface area contributed by atoms with Crippen LogP contribution in [0.4, 0.5) is 0 Å². The van der Waals surface area contributed by atoms with Crippen molar-refractivity contribution in [3.8, 4) is 0 Å². The zero-order valence-electron chi connectivity index (χ0n) is 11.9. The van der Waals surface area contributed by atoms with Crippen molar-refractivity contribution >= 4 is 5.97 Å². The number of hydrogen-bond acceptors (Lipinski definition) is 2. The van der Waals surface area contributed by atoms with Crippen molar-refractivity contribution in [1.29, 1.82) is 0 Å². The summed E-state index contributed by atoms with van der Waals surface area (Å²) in [5.41, 5.74) is -0.165. The molecule has 3 bridgehead atoms. The minimum Gasteiger partial charge on any atom is -0.459 e. The van der Waals surface area contributed by atoms with Crippen molar-refractivity contribution < 1.29 is 9.53 Å². The first-order chi connectivity index (χ1) is 8.48. The first-order valence-corrected chi connectivity index (χ1v) is 7.71. The molecule has 0 heterocycles. The highest BCUT2D eigenvalue weighted by Crippen LogP contribution is 2.56. The molecule has 0 N–H and O–H groups in total. The van der Waals surface area contributed by atoms with E-state index >= 15 is 0 Å². The zero-order chi connectivity index (χ0) is 12.9. The molecule has 0 saturated heterocycles. The molecule has 3 fully saturated rings. The molecule has 3 rings (SSSR count).